The van der Waals surface area contributed by atoms with E-state index in [1.54, 1.807) is 17.2 Å². The fourth-order valence-corrected chi connectivity index (χ4v) is 5.51. The molecule has 1 saturated heterocycles. The summed E-state index contributed by atoms with van der Waals surface area (Å²) in [6.45, 7) is 7.73. The van der Waals surface area contributed by atoms with Crippen molar-refractivity contribution in [3.05, 3.63) is 50.9 Å². The lowest BCUT2D eigenvalue weighted by molar-refractivity contribution is -0.125. The Bertz CT molecular complexity index is 1470. The molecule has 190 valence electrons. The molecule has 2 aliphatic heterocycles. The van der Waals surface area contributed by atoms with Gasteiger partial charge >= 0.3 is 0 Å². The Hall–Kier alpha value is -3.08. The first-order valence-electron chi connectivity index (χ1n) is 11.8. The standard InChI is InChI=1S/C25H28ClFN6O3/c1-12(2)17-18(13(3)6-7-28-17)33-22-15(8-16(27)21(26)30-22)19-20(23(33)35)31(5)24(36)25(11-34)10-29-14(4)9-32(19)25/h6-8,12,14,29,34H,9-11H2,1-5H3/t14-,25+/m1/s1. The first-order chi connectivity index (χ1) is 17.0. The predicted octanol–water partition coefficient (Wildman–Crippen LogP) is 2.51. The number of amides is 1. The fraction of sp³-hybridized carbons (Fsp3) is 0.440. The number of nitrogens with zero attached hydrogens (tertiary/aromatic N) is 5. The number of carbonyl (C=O) groups excluding carboxylic acids is 1. The smallest absolute Gasteiger partial charge is 0.283 e. The molecular formula is C25H28ClFN6O3. The molecule has 3 aromatic rings. The lowest BCUT2D eigenvalue weighted by atomic mass is 9.87. The first kappa shape index (κ1) is 24.6. The highest BCUT2D eigenvalue weighted by molar-refractivity contribution is 6.30. The van der Waals surface area contributed by atoms with E-state index in [4.69, 9.17) is 11.6 Å². The molecule has 0 aromatic carbocycles. The van der Waals surface area contributed by atoms with E-state index in [2.05, 4.69) is 15.3 Å². The Kier molecular flexibility index (Phi) is 5.81. The summed E-state index contributed by atoms with van der Waals surface area (Å²) in [6, 6.07) is 2.98. The van der Waals surface area contributed by atoms with E-state index in [-0.39, 0.29) is 35.0 Å². The van der Waals surface area contributed by atoms with Crippen LogP contribution in [0.1, 0.15) is 37.9 Å². The van der Waals surface area contributed by atoms with Crippen LogP contribution in [-0.4, -0.2) is 63.9 Å². The zero-order valence-corrected chi connectivity index (χ0v) is 21.5. The van der Waals surface area contributed by atoms with Crippen LogP contribution in [0.2, 0.25) is 5.15 Å². The fourth-order valence-electron chi connectivity index (χ4n) is 5.37. The third-order valence-electron chi connectivity index (χ3n) is 7.22. The summed E-state index contributed by atoms with van der Waals surface area (Å²) in [5.41, 5.74) is 0.703. The zero-order chi connectivity index (χ0) is 26.1. The highest BCUT2D eigenvalue weighted by Gasteiger charge is 2.54. The van der Waals surface area contributed by atoms with Gasteiger partial charge in [0.2, 0.25) is 0 Å². The minimum absolute atomic E-state index is 0.0378. The zero-order valence-electron chi connectivity index (χ0n) is 20.8. The van der Waals surface area contributed by atoms with E-state index in [1.165, 1.54) is 22.6 Å². The molecule has 0 aliphatic carbocycles. The van der Waals surface area contributed by atoms with Crippen molar-refractivity contribution in [2.45, 2.75) is 45.2 Å². The van der Waals surface area contributed by atoms with Gasteiger partial charge in [0.15, 0.2) is 22.2 Å². The molecule has 9 nitrogen and oxygen atoms in total. The van der Waals surface area contributed by atoms with Gasteiger partial charge in [0.1, 0.15) is 5.69 Å². The van der Waals surface area contributed by atoms with Crippen molar-refractivity contribution in [3.63, 3.8) is 0 Å². The number of aliphatic hydroxyl groups is 1. The number of fused-ring (bicyclic) bond motifs is 5. The van der Waals surface area contributed by atoms with Gasteiger partial charge in [-0.1, -0.05) is 25.4 Å². The number of anilines is 2. The Morgan fingerprint density at radius 3 is 2.69 bits per heavy atom. The number of nitrogens with one attached hydrogen (secondary N) is 1. The van der Waals surface area contributed by atoms with Crippen LogP contribution in [0.25, 0.3) is 16.7 Å². The van der Waals surface area contributed by atoms with E-state index in [9.17, 15) is 19.1 Å². The molecule has 36 heavy (non-hydrogen) atoms. The Morgan fingerprint density at radius 2 is 2.03 bits per heavy atom. The summed E-state index contributed by atoms with van der Waals surface area (Å²) in [7, 11) is 1.50. The van der Waals surface area contributed by atoms with Crippen molar-refractivity contribution in [2.75, 3.05) is 36.5 Å². The molecule has 3 aromatic heterocycles. The number of carbonyl (C=O) groups is 1. The maximum absolute atomic E-state index is 14.9. The highest BCUT2D eigenvalue weighted by atomic mass is 35.5. The van der Waals surface area contributed by atoms with Crippen LogP contribution < -0.4 is 20.7 Å². The van der Waals surface area contributed by atoms with Gasteiger partial charge in [-0.05, 0) is 37.5 Å². The molecule has 1 amide bonds. The number of piperazine rings is 1. The molecule has 5 heterocycles. The lowest BCUT2D eigenvalue weighted by Crippen LogP contribution is -2.74. The van der Waals surface area contributed by atoms with Crippen molar-refractivity contribution in [3.8, 4) is 5.69 Å². The average molecular weight is 515 g/mol. The van der Waals surface area contributed by atoms with Gasteiger partial charge in [0.05, 0.1) is 23.7 Å². The number of likely N-dealkylation sites (N-methyl/N-ethyl adjacent to an activating group) is 1. The van der Waals surface area contributed by atoms with E-state index in [1.807, 2.05) is 27.7 Å². The summed E-state index contributed by atoms with van der Waals surface area (Å²) in [5.74, 6) is -1.21. The van der Waals surface area contributed by atoms with Gasteiger partial charge in [-0.2, -0.15) is 0 Å². The Balaban J connectivity index is 1.99. The van der Waals surface area contributed by atoms with Gasteiger partial charge in [-0.15, -0.1) is 0 Å². The van der Waals surface area contributed by atoms with E-state index in [0.29, 0.717) is 29.0 Å². The number of aliphatic hydroxyl groups excluding tert-OH is 1. The van der Waals surface area contributed by atoms with Gasteiger partial charge in [0, 0.05) is 37.8 Å². The normalized spacial score (nSPS) is 21.8. The third kappa shape index (κ3) is 3.28. The highest BCUT2D eigenvalue weighted by Crippen LogP contribution is 2.44. The minimum Gasteiger partial charge on any atom is -0.393 e. The quantitative estimate of drug-likeness (QED) is 0.518. The third-order valence-corrected chi connectivity index (χ3v) is 7.49. The molecule has 2 atom stereocenters. The van der Waals surface area contributed by atoms with Crippen LogP contribution in [0.5, 0.6) is 0 Å². The van der Waals surface area contributed by atoms with Crippen LogP contribution >= 0.6 is 11.6 Å². The van der Waals surface area contributed by atoms with Crippen LogP contribution in [0.15, 0.2) is 23.1 Å². The second-order valence-corrected chi connectivity index (χ2v) is 10.3. The number of aryl methyl sites for hydroxylation is 1. The number of rotatable bonds is 3. The van der Waals surface area contributed by atoms with Gasteiger partial charge in [-0.25, -0.2) is 9.37 Å². The Morgan fingerprint density at radius 1 is 1.31 bits per heavy atom. The number of hydrogen-bond acceptors (Lipinski definition) is 7. The van der Waals surface area contributed by atoms with Crippen molar-refractivity contribution < 1.29 is 14.3 Å². The van der Waals surface area contributed by atoms with Crippen molar-refractivity contribution >= 4 is 39.9 Å². The molecule has 0 bridgehead atoms. The molecule has 5 rings (SSSR count). The average Bonchev–Trinajstić information content (AvgIpc) is 2.84. The molecule has 0 saturated carbocycles. The van der Waals surface area contributed by atoms with Gasteiger partial charge < -0.3 is 20.2 Å². The maximum atomic E-state index is 14.9. The van der Waals surface area contributed by atoms with Crippen molar-refractivity contribution in [2.24, 2.45) is 0 Å². The monoisotopic (exact) mass is 514 g/mol. The molecule has 1 fully saturated rings. The molecule has 0 spiro atoms. The molecule has 0 radical (unpaired) electrons. The number of hydrogen-bond donors (Lipinski definition) is 2. The van der Waals surface area contributed by atoms with E-state index < -0.39 is 29.4 Å². The summed E-state index contributed by atoms with van der Waals surface area (Å²) in [4.78, 5) is 39.9. The number of halogens is 2. The van der Waals surface area contributed by atoms with Crippen LogP contribution in [0.4, 0.5) is 15.8 Å². The summed E-state index contributed by atoms with van der Waals surface area (Å²) >= 11 is 6.15. The molecular weight excluding hydrogens is 487 g/mol. The van der Waals surface area contributed by atoms with Crippen LogP contribution in [0.3, 0.4) is 0 Å². The van der Waals surface area contributed by atoms with Crippen molar-refractivity contribution in [1.29, 1.82) is 0 Å². The molecule has 2 N–H and O–H groups in total. The summed E-state index contributed by atoms with van der Waals surface area (Å²) in [6.07, 6.45) is 1.67. The number of aromatic nitrogens is 3. The lowest BCUT2D eigenvalue weighted by Gasteiger charge is -2.53. The largest absolute Gasteiger partial charge is 0.393 e. The predicted molar refractivity (Wildman–Crippen MR) is 137 cm³/mol. The molecule has 2 aliphatic rings. The topological polar surface area (TPSA) is 104 Å². The molecule has 11 heteroatoms. The van der Waals surface area contributed by atoms with Gasteiger partial charge in [-0.3, -0.25) is 19.1 Å². The Labute approximate surface area is 212 Å². The minimum atomic E-state index is -1.34. The SMILES string of the molecule is Cc1ccnc(C(C)C)c1-n1c(=O)c2c(c3cc(F)c(Cl)nc31)N1C[C@@H](C)NC[C@]1(CO)C(=O)N2C. The maximum Gasteiger partial charge on any atom is 0.283 e. The number of pyridine rings is 3. The summed E-state index contributed by atoms with van der Waals surface area (Å²) < 4.78 is 16.3. The second-order valence-electron chi connectivity index (χ2n) is 9.93. The van der Waals surface area contributed by atoms with Crippen LogP contribution in [-0.2, 0) is 4.79 Å². The summed E-state index contributed by atoms with van der Waals surface area (Å²) in [5, 5.41) is 13.6. The van der Waals surface area contributed by atoms with Crippen LogP contribution in [0, 0.1) is 12.7 Å². The van der Waals surface area contributed by atoms with Crippen molar-refractivity contribution in [1.82, 2.24) is 19.9 Å². The van der Waals surface area contributed by atoms with E-state index >= 15 is 0 Å². The second kappa shape index (κ2) is 8.50. The first-order valence-corrected chi connectivity index (χ1v) is 12.2. The van der Waals surface area contributed by atoms with Gasteiger partial charge in [0.25, 0.3) is 11.5 Å². The van der Waals surface area contributed by atoms with E-state index in [0.717, 1.165) is 5.56 Å². The molecule has 0 unspecified atom stereocenters.